The van der Waals surface area contributed by atoms with Crippen molar-refractivity contribution in [2.45, 2.75) is 42.6 Å². The topological polar surface area (TPSA) is 132 Å². The van der Waals surface area contributed by atoms with Crippen LogP contribution in [0.15, 0.2) is 60.7 Å². The SMILES string of the molecule is O=S(=O)(O)O[C@H]1COC(c2ccccc2)O[C@@H]1C[S+]1C[C@@H](O)[C@H](OCc2ccccc2)[C@H]1CO. The Morgan fingerprint density at radius 1 is 1.06 bits per heavy atom. The van der Waals surface area contributed by atoms with E-state index in [1.165, 1.54) is 0 Å². The van der Waals surface area contributed by atoms with Gasteiger partial charge in [0.2, 0.25) is 0 Å². The summed E-state index contributed by atoms with van der Waals surface area (Å²) in [7, 11) is -5.30. The highest BCUT2D eigenvalue weighted by Gasteiger charge is 2.53. The zero-order chi connectivity index (χ0) is 24.1. The van der Waals surface area contributed by atoms with Crippen LogP contribution in [0, 0.1) is 0 Å². The molecule has 2 aliphatic rings. The Morgan fingerprint density at radius 3 is 2.38 bits per heavy atom. The van der Waals surface area contributed by atoms with Gasteiger partial charge in [-0.2, -0.15) is 8.42 Å². The summed E-state index contributed by atoms with van der Waals surface area (Å²) in [5.41, 5.74) is 1.72. The van der Waals surface area contributed by atoms with Gasteiger partial charge in [-0.1, -0.05) is 60.7 Å². The molecule has 9 nitrogen and oxygen atoms in total. The molecule has 0 amide bonds. The van der Waals surface area contributed by atoms with Gasteiger partial charge in [0.1, 0.15) is 35.9 Å². The van der Waals surface area contributed by atoms with E-state index < -0.39 is 52.0 Å². The zero-order valence-electron chi connectivity index (χ0n) is 18.4. The van der Waals surface area contributed by atoms with Gasteiger partial charge in [-0.3, -0.25) is 4.55 Å². The van der Waals surface area contributed by atoms with E-state index in [4.69, 9.17) is 18.4 Å². The van der Waals surface area contributed by atoms with Gasteiger partial charge in [-0.05, 0) is 5.56 Å². The maximum absolute atomic E-state index is 11.4. The van der Waals surface area contributed by atoms with Crippen LogP contribution in [0.5, 0.6) is 0 Å². The van der Waals surface area contributed by atoms with Crippen molar-refractivity contribution in [3.63, 3.8) is 0 Å². The molecular weight excluding hydrogens is 484 g/mol. The first-order chi connectivity index (χ1) is 16.3. The van der Waals surface area contributed by atoms with Crippen LogP contribution in [0.3, 0.4) is 0 Å². The Kier molecular flexibility index (Phi) is 8.61. The Morgan fingerprint density at radius 2 is 1.74 bits per heavy atom. The van der Waals surface area contributed by atoms with Crippen molar-refractivity contribution in [3.8, 4) is 0 Å². The van der Waals surface area contributed by atoms with Crippen molar-refractivity contribution < 1.29 is 41.6 Å². The van der Waals surface area contributed by atoms with E-state index in [9.17, 15) is 23.2 Å². The first kappa shape index (κ1) is 25.5. The van der Waals surface area contributed by atoms with Crippen LogP contribution in [-0.2, 0) is 46.3 Å². The number of rotatable bonds is 9. The Balaban J connectivity index is 1.47. The first-order valence-corrected chi connectivity index (χ1v) is 13.9. The van der Waals surface area contributed by atoms with Crippen LogP contribution >= 0.6 is 0 Å². The fourth-order valence-electron chi connectivity index (χ4n) is 4.22. The zero-order valence-corrected chi connectivity index (χ0v) is 20.0. The summed E-state index contributed by atoms with van der Waals surface area (Å²) in [6, 6.07) is 18.7. The molecule has 0 spiro atoms. The molecule has 2 aromatic carbocycles. The van der Waals surface area contributed by atoms with Crippen LogP contribution in [0.25, 0.3) is 0 Å². The van der Waals surface area contributed by atoms with Gasteiger partial charge >= 0.3 is 10.4 Å². The van der Waals surface area contributed by atoms with Crippen molar-refractivity contribution in [1.82, 2.24) is 0 Å². The highest BCUT2D eigenvalue weighted by Crippen LogP contribution is 2.33. The molecule has 3 N–H and O–H groups in total. The molecule has 0 radical (unpaired) electrons. The molecule has 0 saturated carbocycles. The molecule has 7 atom stereocenters. The lowest BCUT2D eigenvalue weighted by Gasteiger charge is -2.35. The summed E-state index contributed by atoms with van der Waals surface area (Å²) in [6.45, 7) is -0.00904. The highest BCUT2D eigenvalue weighted by atomic mass is 32.3. The third kappa shape index (κ3) is 6.56. The summed E-state index contributed by atoms with van der Waals surface area (Å²) in [5.74, 6) is 0.681. The Bertz CT molecular complexity index is 1010. The summed E-state index contributed by atoms with van der Waals surface area (Å²) in [5, 5.41) is 20.5. The van der Waals surface area contributed by atoms with Crippen molar-refractivity contribution >= 4 is 21.3 Å². The average molecular weight is 514 g/mol. The van der Waals surface area contributed by atoms with Crippen molar-refractivity contribution in [2.24, 2.45) is 0 Å². The van der Waals surface area contributed by atoms with Gasteiger partial charge < -0.3 is 24.4 Å². The maximum Gasteiger partial charge on any atom is 0.397 e. The van der Waals surface area contributed by atoms with Gasteiger partial charge in [0.15, 0.2) is 11.5 Å². The number of hydrogen-bond donors (Lipinski definition) is 3. The fourth-order valence-corrected chi connectivity index (χ4v) is 7.54. The van der Waals surface area contributed by atoms with Gasteiger partial charge in [0, 0.05) is 16.5 Å². The number of aliphatic hydroxyl groups excluding tert-OH is 2. The van der Waals surface area contributed by atoms with Gasteiger partial charge in [-0.25, -0.2) is 4.18 Å². The van der Waals surface area contributed by atoms with Crippen LogP contribution in [0.1, 0.15) is 17.4 Å². The molecular formula is C23H29O9S2+. The van der Waals surface area contributed by atoms with Crippen molar-refractivity contribution in [1.29, 1.82) is 0 Å². The third-order valence-electron chi connectivity index (χ3n) is 5.84. The number of hydrogen-bond acceptors (Lipinski definition) is 8. The summed E-state index contributed by atoms with van der Waals surface area (Å²) < 4.78 is 54.6. The molecule has 34 heavy (non-hydrogen) atoms. The van der Waals surface area contributed by atoms with Crippen molar-refractivity contribution in [3.05, 3.63) is 71.8 Å². The quantitative estimate of drug-likeness (QED) is 0.335. The van der Waals surface area contributed by atoms with E-state index in [0.717, 1.165) is 11.1 Å². The van der Waals surface area contributed by atoms with E-state index in [1.54, 1.807) is 0 Å². The second-order valence-corrected chi connectivity index (χ2v) is 11.6. The molecule has 0 bridgehead atoms. The van der Waals surface area contributed by atoms with E-state index in [-0.39, 0.29) is 18.5 Å². The summed E-state index contributed by atoms with van der Waals surface area (Å²) >= 11 is 0. The number of benzene rings is 2. The minimum atomic E-state index is -4.73. The molecule has 2 heterocycles. The Hall–Kier alpha value is -1.54. The molecule has 2 fully saturated rings. The van der Waals surface area contributed by atoms with Crippen LogP contribution in [0.4, 0.5) is 0 Å². The predicted octanol–water partition coefficient (Wildman–Crippen LogP) is 1.23. The van der Waals surface area contributed by atoms with Crippen molar-refractivity contribution in [2.75, 3.05) is 24.7 Å². The molecule has 11 heteroatoms. The van der Waals surface area contributed by atoms with E-state index in [0.29, 0.717) is 18.1 Å². The normalized spacial score (nSPS) is 32.0. The number of aliphatic hydroxyl groups is 2. The minimum Gasteiger partial charge on any atom is -0.391 e. The van der Waals surface area contributed by atoms with Crippen LogP contribution < -0.4 is 0 Å². The summed E-state index contributed by atoms with van der Waals surface area (Å²) in [4.78, 5) is 0. The van der Waals surface area contributed by atoms with Crippen LogP contribution in [0.2, 0.25) is 0 Å². The van der Waals surface area contributed by atoms with Gasteiger partial charge in [-0.15, -0.1) is 0 Å². The largest absolute Gasteiger partial charge is 0.397 e. The molecule has 2 aromatic rings. The fraction of sp³-hybridized carbons (Fsp3) is 0.478. The maximum atomic E-state index is 11.4. The lowest BCUT2D eigenvalue weighted by Crippen LogP contribution is -2.48. The molecule has 2 unspecified atom stereocenters. The smallest absolute Gasteiger partial charge is 0.391 e. The lowest BCUT2D eigenvalue weighted by atomic mass is 10.1. The van der Waals surface area contributed by atoms with E-state index in [2.05, 4.69) is 0 Å². The Labute approximate surface area is 201 Å². The molecule has 186 valence electrons. The second kappa shape index (κ2) is 11.5. The molecule has 2 aliphatic heterocycles. The standard InChI is InChI=1S/C23H28O9S2/c24-11-21-22(29-12-16-7-3-1-4-8-16)18(25)14-33(21)15-20-19(32-34(26,27)28)13-30-23(31-20)17-9-5-2-6-10-17/h1-10,18-25H,11-15H2/p+1/t18-,19+,20-,21-,22+,23?,33?/m1/s1. The highest BCUT2D eigenvalue weighted by molar-refractivity contribution is 7.97. The number of ether oxygens (including phenoxy) is 3. The van der Waals surface area contributed by atoms with Gasteiger partial charge in [0.05, 0.1) is 19.8 Å². The second-order valence-electron chi connectivity index (χ2n) is 8.23. The first-order valence-electron chi connectivity index (χ1n) is 10.9. The lowest BCUT2D eigenvalue weighted by molar-refractivity contribution is -0.245. The molecule has 0 aromatic heterocycles. The van der Waals surface area contributed by atoms with Crippen LogP contribution in [-0.4, -0.2) is 77.6 Å². The third-order valence-corrected chi connectivity index (χ3v) is 9.13. The van der Waals surface area contributed by atoms with Gasteiger partial charge in [0.25, 0.3) is 0 Å². The molecule has 0 aliphatic carbocycles. The summed E-state index contributed by atoms with van der Waals surface area (Å²) in [6.07, 6.45) is -3.91. The van der Waals surface area contributed by atoms with E-state index in [1.807, 2.05) is 60.7 Å². The molecule has 4 rings (SSSR count). The predicted molar refractivity (Wildman–Crippen MR) is 125 cm³/mol. The monoisotopic (exact) mass is 513 g/mol. The minimum absolute atomic E-state index is 0.110. The van der Waals surface area contributed by atoms with E-state index >= 15 is 0 Å². The average Bonchev–Trinajstić information content (AvgIpc) is 3.12. The molecule has 2 saturated heterocycles.